The first-order valence-electron chi connectivity index (χ1n) is 5.96. The molecule has 1 aromatic rings. The van der Waals surface area contributed by atoms with Crippen molar-refractivity contribution in [3.05, 3.63) is 29.8 Å². The van der Waals surface area contributed by atoms with Gasteiger partial charge in [-0.15, -0.1) is 0 Å². The van der Waals surface area contributed by atoms with Crippen LogP contribution >= 0.6 is 11.8 Å². The highest BCUT2D eigenvalue weighted by atomic mass is 32.2. The van der Waals surface area contributed by atoms with E-state index in [4.69, 9.17) is 5.73 Å². The number of nitrogens with one attached hydrogen (secondary N) is 2. The van der Waals surface area contributed by atoms with E-state index in [2.05, 4.69) is 10.6 Å². The summed E-state index contributed by atoms with van der Waals surface area (Å²) >= 11 is 1.61. The normalized spacial score (nSPS) is 11.7. The summed E-state index contributed by atoms with van der Waals surface area (Å²) in [4.78, 5) is 23.0. The first-order chi connectivity index (χ1) is 9.04. The van der Waals surface area contributed by atoms with Gasteiger partial charge in [0.1, 0.15) is 6.04 Å². The molecule has 0 aliphatic heterocycles. The van der Waals surface area contributed by atoms with Gasteiger partial charge in [0.15, 0.2) is 0 Å². The van der Waals surface area contributed by atoms with Gasteiger partial charge in [-0.2, -0.15) is 11.8 Å². The summed E-state index contributed by atoms with van der Waals surface area (Å²) in [5.41, 5.74) is 6.80. The predicted octanol–water partition coefficient (Wildman–Crippen LogP) is 1.72. The number of para-hydroxylation sites is 1. The van der Waals surface area contributed by atoms with Crippen LogP contribution in [0.1, 0.15) is 12.0 Å². The third kappa shape index (κ3) is 5.21. The molecule has 0 radical (unpaired) electrons. The largest absolute Gasteiger partial charge is 0.352 e. The smallest absolute Gasteiger partial charge is 0.312 e. The summed E-state index contributed by atoms with van der Waals surface area (Å²) in [6.45, 7) is 1.91. The molecule has 0 aromatic heterocycles. The van der Waals surface area contributed by atoms with Gasteiger partial charge < -0.3 is 16.4 Å². The molecule has 0 heterocycles. The Labute approximate surface area is 117 Å². The van der Waals surface area contributed by atoms with E-state index < -0.39 is 12.1 Å². The van der Waals surface area contributed by atoms with Crippen LogP contribution in [0, 0.1) is 6.92 Å². The third-order valence-electron chi connectivity index (χ3n) is 2.65. The number of hydrogen-bond acceptors (Lipinski definition) is 3. The van der Waals surface area contributed by atoms with Crippen molar-refractivity contribution in [1.82, 2.24) is 5.32 Å². The second-order valence-corrected chi connectivity index (χ2v) is 5.13. The van der Waals surface area contributed by atoms with Gasteiger partial charge in [-0.05, 0) is 37.0 Å². The highest BCUT2D eigenvalue weighted by Gasteiger charge is 2.19. The Morgan fingerprint density at radius 3 is 2.63 bits per heavy atom. The van der Waals surface area contributed by atoms with Crippen molar-refractivity contribution >= 4 is 29.4 Å². The Bertz CT molecular complexity index is 451. The number of nitrogens with two attached hydrogens (primary N) is 1. The van der Waals surface area contributed by atoms with Crippen LogP contribution in [0.3, 0.4) is 0 Å². The van der Waals surface area contributed by atoms with E-state index in [0.717, 1.165) is 17.0 Å². The van der Waals surface area contributed by atoms with Crippen LogP contribution in [0.5, 0.6) is 0 Å². The summed E-state index contributed by atoms with van der Waals surface area (Å²) in [6, 6.07) is 6.19. The van der Waals surface area contributed by atoms with E-state index in [9.17, 15) is 9.59 Å². The number of benzene rings is 1. The molecule has 19 heavy (non-hydrogen) atoms. The molecule has 0 saturated heterocycles. The lowest BCUT2D eigenvalue weighted by Gasteiger charge is -2.17. The molecule has 1 aromatic carbocycles. The van der Waals surface area contributed by atoms with E-state index in [1.165, 1.54) is 0 Å². The number of primary amides is 1. The molecule has 0 aliphatic carbocycles. The van der Waals surface area contributed by atoms with E-state index in [0.29, 0.717) is 6.42 Å². The lowest BCUT2D eigenvalue weighted by Crippen LogP contribution is -2.46. The Morgan fingerprint density at radius 1 is 1.37 bits per heavy atom. The molecule has 0 spiro atoms. The van der Waals surface area contributed by atoms with Gasteiger partial charge in [0.2, 0.25) is 5.91 Å². The molecule has 1 atom stereocenters. The molecular formula is C13H19N3O2S. The maximum Gasteiger partial charge on any atom is 0.312 e. The van der Waals surface area contributed by atoms with Gasteiger partial charge in [-0.3, -0.25) is 4.79 Å². The van der Waals surface area contributed by atoms with Gasteiger partial charge in [0.05, 0.1) is 0 Å². The fourth-order valence-corrected chi connectivity index (χ4v) is 2.08. The van der Waals surface area contributed by atoms with Crippen LogP contribution in [0.15, 0.2) is 24.3 Å². The molecule has 0 fully saturated rings. The molecular weight excluding hydrogens is 262 g/mol. The fraction of sp³-hybridized carbons (Fsp3) is 0.385. The van der Waals surface area contributed by atoms with Crippen LogP contribution in [-0.4, -0.2) is 30.0 Å². The van der Waals surface area contributed by atoms with Crippen LogP contribution < -0.4 is 16.4 Å². The minimum atomic E-state index is -0.689. The molecule has 1 rings (SSSR count). The first-order valence-corrected chi connectivity index (χ1v) is 7.35. The molecule has 6 heteroatoms. The third-order valence-corrected chi connectivity index (χ3v) is 3.29. The Morgan fingerprint density at radius 2 is 2.05 bits per heavy atom. The van der Waals surface area contributed by atoms with Crippen molar-refractivity contribution in [3.63, 3.8) is 0 Å². The minimum absolute atomic E-state index is 0.248. The summed E-state index contributed by atoms with van der Waals surface area (Å²) in [5.74, 6) is 0.522. The molecule has 0 saturated carbocycles. The average Bonchev–Trinajstić information content (AvgIpc) is 2.36. The van der Waals surface area contributed by atoms with Crippen molar-refractivity contribution < 1.29 is 9.59 Å². The van der Waals surface area contributed by atoms with E-state index in [1.54, 1.807) is 11.8 Å². The lowest BCUT2D eigenvalue weighted by molar-refractivity contribution is -0.117. The predicted molar refractivity (Wildman–Crippen MR) is 79.3 cm³/mol. The van der Waals surface area contributed by atoms with Gasteiger partial charge in [0.25, 0.3) is 0 Å². The molecule has 3 amide bonds. The monoisotopic (exact) mass is 281 g/mol. The molecule has 0 aliphatic rings. The number of carbonyl (C=O) groups excluding carboxylic acids is 2. The number of anilines is 1. The maximum atomic E-state index is 12.1. The van der Waals surface area contributed by atoms with Crippen LogP contribution in [0.4, 0.5) is 10.5 Å². The lowest BCUT2D eigenvalue weighted by atomic mass is 10.1. The summed E-state index contributed by atoms with van der Waals surface area (Å²) in [6.07, 6.45) is 2.49. The van der Waals surface area contributed by atoms with Crippen molar-refractivity contribution in [3.8, 4) is 0 Å². The van der Waals surface area contributed by atoms with Gasteiger partial charge in [-0.25, -0.2) is 4.79 Å². The van der Waals surface area contributed by atoms with Crippen molar-refractivity contribution in [2.75, 3.05) is 17.3 Å². The number of amides is 3. The Balaban J connectivity index is 2.70. The van der Waals surface area contributed by atoms with Crippen LogP contribution in [0.2, 0.25) is 0 Å². The van der Waals surface area contributed by atoms with Gasteiger partial charge >= 0.3 is 6.03 Å². The number of hydrogen-bond donors (Lipinski definition) is 3. The minimum Gasteiger partial charge on any atom is -0.352 e. The van der Waals surface area contributed by atoms with Gasteiger partial charge in [0, 0.05) is 5.69 Å². The second kappa shape index (κ2) is 7.68. The standard InChI is InChI=1S/C13H19N3O2S/c1-9-5-3-4-6-10(9)15-12(17)11(7-8-19-2)16-13(14)18/h3-6,11H,7-8H2,1-2H3,(H,15,17)(H3,14,16,18). The van der Waals surface area contributed by atoms with E-state index in [-0.39, 0.29) is 5.91 Å². The zero-order chi connectivity index (χ0) is 14.3. The summed E-state index contributed by atoms with van der Waals surface area (Å²) in [5, 5.41) is 5.27. The van der Waals surface area contributed by atoms with Crippen molar-refractivity contribution in [2.45, 2.75) is 19.4 Å². The number of rotatable bonds is 6. The average molecular weight is 281 g/mol. The molecule has 104 valence electrons. The number of thioether (sulfide) groups is 1. The zero-order valence-corrected chi connectivity index (χ0v) is 11.9. The SMILES string of the molecule is CSCCC(NC(N)=O)C(=O)Nc1ccccc1C. The Hall–Kier alpha value is -1.69. The van der Waals surface area contributed by atoms with Crippen molar-refractivity contribution in [2.24, 2.45) is 5.73 Å². The van der Waals surface area contributed by atoms with E-state index in [1.807, 2.05) is 37.4 Å². The van der Waals surface area contributed by atoms with Gasteiger partial charge in [-0.1, -0.05) is 18.2 Å². The molecule has 0 bridgehead atoms. The summed E-state index contributed by atoms with van der Waals surface area (Å²) in [7, 11) is 0. The highest BCUT2D eigenvalue weighted by molar-refractivity contribution is 7.98. The Kier molecular flexibility index (Phi) is 6.21. The zero-order valence-electron chi connectivity index (χ0n) is 11.1. The van der Waals surface area contributed by atoms with Crippen molar-refractivity contribution in [1.29, 1.82) is 0 Å². The quantitative estimate of drug-likeness (QED) is 0.742. The number of urea groups is 1. The fourth-order valence-electron chi connectivity index (χ4n) is 1.61. The molecule has 1 unspecified atom stereocenters. The highest BCUT2D eigenvalue weighted by Crippen LogP contribution is 2.14. The number of aryl methyl sites for hydroxylation is 1. The second-order valence-electron chi connectivity index (χ2n) is 4.15. The maximum absolute atomic E-state index is 12.1. The first kappa shape index (κ1) is 15.4. The van der Waals surface area contributed by atoms with E-state index >= 15 is 0 Å². The molecule has 4 N–H and O–H groups in total. The number of carbonyl (C=O) groups is 2. The molecule has 5 nitrogen and oxygen atoms in total. The van der Waals surface area contributed by atoms with Crippen LogP contribution in [0.25, 0.3) is 0 Å². The topological polar surface area (TPSA) is 84.2 Å². The summed E-state index contributed by atoms with van der Waals surface area (Å²) < 4.78 is 0. The van der Waals surface area contributed by atoms with Crippen LogP contribution in [-0.2, 0) is 4.79 Å².